The van der Waals surface area contributed by atoms with E-state index >= 15 is 0 Å². The Morgan fingerprint density at radius 3 is 2.73 bits per heavy atom. The predicted octanol–water partition coefficient (Wildman–Crippen LogP) is 2.88. The van der Waals surface area contributed by atoms with Crippen molar-refractivity contribution in [3.63, 3.8) is 0 Å². The monoisotopic (exact) mass is 222 g/mol. The Balaban J connectivity index is 1.88. The van der Waals surface area contributed by atoms with E-state index in [-0.39, 0.29) is 6.10 Å². The SMILES string of the molecule is OC(Cc1ccccc1)C1CCCCS1. The fraction of sp³-hybridized carbons (Fsp3) is 0.538. The molecule has 15 heavy (non-hydrogen) atoms. The molecule has 82 valence electrons. The molecule has 1 aliphatic heterocycles. The third kappa shape index (κ3) is 3.25. The third-order valence-corrected chi connectivity index (χ3v) is 4.43. The first-order chi connectivity index (χ1) is 7.36. The van der Waals surface area contributed by atoms with Crippen molar-refractivity contribution >= 4 is 11.8 Å². The minimum atomic E-state index is -0.169. The normalized spacial score (nSPS) is 23.7. The Morgan fingerprint density at radius 2 is 2.07 bits per heavy atom. The summed E-state index contributed by atoms with van der Waals surface area (Å²) in [5.74, 6) is 1.22. The second kappa shape index (κ2) is 5.57. The van der Waals surface area contributed by atoms with Crippen LogP contribution in [-0.2, 0) is 6.42 Å². The maximum absolute atomic E-state index is 10.1. The molecule has 2 heteroatoms. The van der Waals surface area contributed by atoms with Gasteiger partial charge in [-0.25, -0.2) is 0 Å². The zero-order chi connectivity index (χ0) is 10.5. The smallest absolute Gasteiger partial charge is 0.0699 e. The molecule has 0 aromatic heterocycles. The lowest BCUT2D eigenvalue weighted by atomic mass is 10.0. The van der Waals surface area contributed by atoms with Crippen LogP contribution in [0, 0.1) is 0 Å². The van der Waals surface area contributed by atoms with Crippen LogP contribution in [-0.4, -0.2) is 22.2 Å². The lowest BCUT2D eigenvalue weighted by Gasteiger charge is -2.26. The lowest BCUT2D eigenvalue weighted by Crippen LogP contribution is -2.27. The average Bonchev–Trinajstić information content (AvgIpc) is 2.31. The second-order valence-corrected chi connectivity index (χ2v) is 5.51. The molecule has 1 aromatic carbocycles. The van der Waals surface area contributed by atoms with E-state index in [1.54, 1.807) is 0 Å². The fourth-order valence-electron chi connectivity index (χ4n) is 2.06. The summed E-state index contributed by atoms with van der Waals surface area (Å²) >= 11 is 1.94. The van der Waals surface area contributed by atoms with Gasteiger partial charge in [-0.1, -0.05) is 36.8 Å². The van der Waals surface area contributed by atoms with Crippen molar-refractivity contribution in [1.82, 2.24) is 0 Å². The van der Waals surface area contributed by atoms with Crippen LogP contribution in [0.5, 0.6) is 0 Å². The van der Waals surface area contributed by atoms with Gasteiger partial charge in [0, 0.05) is 5.25 Å². The Hall–Kier alpha value is -0.470. The van der Waals surface area contributed by atoms with Gasteiger partial charge in [-0.3, -0.25) is 0 Å². The zero-order valence-electron chi connectivity index (χ0n) is 8.93. The molecule has 0 aliphatic carbocycles. The summed E-state index contributed by atoms with van der Waals surface area (Å²) in [4.78, 5) is 0. The Kier molecular flexibility index (Phi) is 4.09. The molecule has 1 N–H and O–H groups in total. The number of aliphatic hydroxyl groups is 1. The molecule has 0 saturated carbocycles. The van der Waals surface area contributed by atoms with Gasteiger partial charge in [-0.15, -0.1) is 0 Å². The quantitative estimate of drug-likeness (QED) is 0.848. The van der Waals surface area contributed by atoms with Crippen molar-refractivity contribution in [1.29, 1.82) is 0 Å². The molecule has 0 bridgehead atoms. The summed E-state index contributed by atoms with van der Waals surface area (Å²) in [6.45, 7) is 0. The zero-order valence-corrected chi connectivity index (χ0v) is 9.75. The molecule has 2 atom stereocenters. The van der Waals surface area contributed by atoms with Crippen LogP contribution in [0.25, 0.3) is 0 Å². The second-order valence-electron chi connectivity index (χ2n) is 4.16. The maximum Gasteiger partial charge on any atom is 0.0699 e. The summed E-state index contributed by atoms with van der Waals surface area (Å²) in [7, 11) is 0. The van der Waals surface area contributed by atoms with E-state index in [1.165, 1.54) is 30.6 Å². The minimum absolute atomic E-state index is 0.169. The summed E-state index contributed by atoms with van der Waals surface area (Å²) in [6, 6.07) is 10.3. The van der Waals surface area contributed by atoms with Crippen LogP contribution >= 0.6 is 11.8 Å². The highest BCUT2D eigenvalue weighted by molar-refractivity contribution is 8.00. The number of thioether (sulfide) groups is 1. The summed E-state index contributed by atoms with van der Waals surface area (Å²) in [6.07, 6.45) is 4.41. The van der Waals surface area contributed by atoms with E-state index in [1.807, 2.05) is 30.0 Å². The van der Waals surface area contributed by atoms with Gasteiger partial charge in [0.05, 0.1) is 6.10 Å². The van der Waals surface area contributed by atoms with E-state index in [4.69, 9.17) is 0 Å². The van der Waals surface area contributed by atoms with Gasteiger partial charge in [0.2, 0.25) is 0 Å². The third-order valence-electron chi connectivity index (χ3n) is 2.93. The number of aliphatic hydroxyl groups excluding tert-OH is 1. The van der Waals surface area contributed by atoms with Crippen molar-refractivity contribution in [2.24, 2.45) is 0 Å². The molecule has 1 aromatic rings. The van der Waals surface area contributed by atoms with Crippen LogP contribution in [0.3, 0.4) is 0 Å². The summed E-state index contributed by atoms with van der Waals surface area (Å²) in [5, 5.41) is 10.6. The van der Waals surface area contributed by atoms with E-state index in [0.717, 1.165) is 6.42 Å². The van der Waals surface area contributed by atoms with Crippen LogP contribution < -0.4 is 0 Å². The topological polar surface area (TPSA) is 20.2 Å². The Bertz CT molecular complexity index is 280. The van der Waals surface area contributed by atoms with E-state index < -0.39 is 0 Å². The van der Waals surface area contributed by atoms with E-state index in [2.05, 4.69) is 12.1 Å². The molecule has 1 heterocycles. The van der Waals surface area contributed by atoms with Gasteiger partial charge < -0.3 is 5.11 Å². The first-order valence-electron chi connectivity index (χ1n) is 5.70. The van der Waals surface area contributed by atoms with Crippen molar-refractivity contribution in [3.8, 4) is 0 Å². The van der Waals surface area contributed by atoms with Crippen LogP contribution in [0.1, 0.15) is 24.8 Å². The molecule has 0 radical (unpaired) electrons. The highest BCUT2D eigenvalue weighted by Gasteiger charge is 2.22. The molecule has 2 rings (SSSR count). The molecular weight excluding hydrogens is 204 g/mol. The molecule has 1 fully saturated rings. The molecule has 1 saturated heterocycles. The maximum atomic E-state index is 10.1. The van der Waals surface area contributed by atoms with Crippen LogP contribution in [0.4, 0.5) is 0 Å². The fourth-order valence-corrected chi connectivity index (χ4v) is 3.38. The average molecular weight is 222 g/mol. The largest absolute Gasteiger partial charge is 0.392 e. The molecule has 1 nitrogen and oxygen atoms in total. The predicted molar refractivity (Wildman–Crippen MR) is 66.2 cm³/mol. The van der Waals surface area contributed by atoms with E-state index in [9.17, 15) is 5.11 Å². The van der Waals surface area contributed by atoms with Crippen molar-refractivity contribution in [2.75, 3.05) is 5.75 Å². The summed E-state index contributed by atoms with van der Waals surface area (Å²) < 4.78 is 0. The first-order valence-corrected chi connectivity index (χ1v) is 6.75. The summed E-state index contributed by atoms with van der Waals surface area (Å²) in [5.41, 5.74) is 1.25. The number of hydrogen-bond acceptors (Lipinski definition) is 2. The Morgan fingerprint density at radius 1 is 1.27 bits per heavy atom. The standard InChI is InChI=1S/C13H18OS/c14-12(13-8-4-5-9-15-13)10-11-6-2-1-3-7-11/h1-3,6-7,12-14H,4-5,8-10H2. The highest BCUT2D eigenvalue weighted by atomic mass is 32.2. The molecule has 0 spiro atoms. The highest BCUT2D eigenvalue weighted by Crippen LogP contribution is 2.28. The van der Waals surface area contributed by atoms with Crippen LogP contribution in [0.2, 0.25) is 0 Å². The number of rotatable bonds is 3. The van der Waals surface area contributed by atoms with Gasteiger partial charge in [0.1, 0.15) is 0 Å². The van der Waals surface area contributed by atoms with Gasteiger partial charge in [0.15, 0.2) is 0 Å². The molecule has 2 unspecified atom stereocenters. The molecule has 1 aliphatic rings. The van der Waals surface area contributed by atoms with Gasteiger partial charge in [-0.2, -0.15) is 11.8 Å². The number of hydrogen-bond donors (Lipinski definition) is 1. The van der Waals surface area contributed by atoms with Gasteiger partial charge in [-0.05, 0) is 30.6 Å². The van der Waals surface area contributed by atoms with Crippen molar-refractivity contribution < 1.29 is 5.11 Å². The van der Waals surface area contributed by atoms with Gasteiger partial charge >= 0.3 is 0 Å². The van der Waals surface area contributed by atoms with E-state index in [0.29, 0.717) is 5.25 Å². The number of benzene rings is 1. The van der Waals surface area contributed by atoms with Crippen LogP contribution in [0.15, 0.2) is 30.3 Å². The molecule has 0 amide bonds. The minimum Gasteiger partial charge on any atom is -0.392 e. The Labute approximate surface area is 95.9 Å². The lowest BCUT2D eigenvalue weighted by molar-refractivity contribution is 0.166. The first kappa shape index (κ1) is 11.0. The van der Waals surface area contributed by atoms with Crippen molar-refractivity contribution in [3.05, 3.63) is 35.9 Å². The van der Waals surface area contributed by atoms with Crippen molar-refractivity contribution in [2.45, 2.75) is 37.0 Å². The van der Waals surface area contributed by atoms with Gasteiger partial charge in [0.25, 0.3) is 0 Å². The molecular formula is C13H18OS.